The first-order valence-corrected chi connectivity index (χ1v) is 8.49. The van der Waals surface area contributed by atoms with Crippen molar-refractivity contribution in [3.8, 4) is 0 Å². The predicted molar refractivity (Wildman–Crippen MR) is 96.2 cm³/mol. The molecule has 134 valence electrons. The quantitative estimate of drug-likeness (QED) is 0.774. The molecule has 1 fully saturated rings. The fraction of sp³-hybridized carbons (Fsp3) is 0.438. The molecule has 3 N–H and O–H groups in total. The summed E-state index contributed by atoms with van der Waals surface area (Å²) in [4.78, 5) is 18.7. The van der Waals surface area contributed by atoms with Crippen molar-refractivity contribution in [2.45, 2.75) is 19.9 Å². The van der Waals surface area contributed by atoms with Crippen LogP contribution in [0.25, 0.3) is 0 Å². The number of urea groups is 1. The molecule has 8 nitrogen and oxygen atoms in total. The number of aryl methyl sites for hydroxylation is 1. The SMILES string of the molecule is Cc1nc(C(C)NC(=O)Nc2cc(N3CCOCC3)ccc2Cl)n[nH]1. The van der Waals surface area contributed by atoms with Crippen molar-refractivity contribution in [2.75, 3.05) is 36.5 Å². The molecule has 25 heavy (non-hydrogen) atoms. The molecule has 1 atom stereocenters. The normalized spacial score (nSPS) is 15.7. The van der Waals surface area contributed by atoms with E-state index in [1.54, 1.807) is 13.0 Å². The molecule has 1 aliphatic heterocycles. The third-order valence-corrected chi connectivity index (χ3v) is 4.25. The molecule has 0 spiro atoms. The van der Waals surface area contributed by atoms with Gasteiger partial charge in [0.15, 0.2) is 5.82 Å². The van der Waals surface area contributed by atoms with Crippen molar-refractivity contribution >= 4 is 29.0 Å². The van der Waals surface area contributed by atoms with Gasteiger partial charge in [0, 0.05) is 18.8 Å². The lowest BCUT2D eigenvalue weighted by Gasteiger charge is -2.29. The number of benzene rings is 1. The maximum atomic E-state index is 12.3. The summed E-state index contributed by atoms with van der Waals surface area (Å²) >= 11 is 6.22. The maximum Gasteiger partial charge on any atom is 0.319 e. The van der Waals surface area contributed by atoms with E-state index in [4.69, 9.17) is 16.3 Å². The van der Waals surface area contributed by atoms with Gasteiger partial charge < -0.3 is 20.3 Å². The van der Waals surface area contributed by atoms with Crippen LogP contribution in [0.15, 0.2) is 18.2 Å². The molecule has 1 aromatic heterocycles. The Morgan fingerprint density at radius 1 is 1.40 bits per heavy atom. The van der Waals surface area contributed by atoms with Crippen LogP contribution in [0.5, 0.6) is 0 Å². The zero-order valence-corrected chi connectivity index (χ0v) is 14.9. The highest BCUT2D eigenvalue weighted by molar-refractivity contribution is 6.33. The van der Waals surface area contributed by atoms with Gasteiger partial charge in [0.1, 0.15) is 5.82 Å². The summed E-state index contributed by atoms with van der Waals surface area (Å²) in [6, 6.07) is 4.90. The Hall–Kier alpha value is -2.32. The number of halogens is 1. The molecule has 1 aromatic carbocycles. The molecule has 1 aliphatic rings. The number of carbonyl (C=O) groups is 1. The van der Waals surface area contributed by atoms with Crippen LogP contribution >= 0.6 is 11.6 Å². The van der Waals surface area contributed by atoms with Crippen LogP contribution < -0.4 is 15.5 Å². The number of aromatic amines is 1. The van der Waals surface area contributed by atoms with E-state index in [2.05, 4.69) is 30.7 Å². The van der Waals surface area contributed by atoms with Crippen molar-refractivity contribution in [1.29, 1.82) is 0 Å². The molecule has 2 heterocycles. The summed E-state index contributed by atoms with van der Waals surface area (Å²) in [5.74, 6) is 1.23. The molecule has 0 radical (unpaired) electrons. The summed E-state index contributed by atoms with van der Waals surface area (Å²) < 4.78 is 5.37. The van der Waals surface area contributed by atoms with Gasteiger partial charge in [-0.2, -0.15) is 5.10 Å². The van der Waals surface area contributed by atoms with Crippen LogP contribution in [-0.4, -0.2) is 47.5 Å². The van der Waals surface area contributed by atoms with Gasteiger partial charge in [-0.15, -0.1) is 0 Å². The first kappa shape index (κ1) is 17.5. The first-order chi connectivity index (χ1) is 12.0. The van der Waals surface area contributed by atoms with E-state index in [1.165, 1.54) is 0 Å². The first-order valence-electron chi connectivity index (χ1n) is 8.11. The van der Waals surface area contributed by atoms with Gasteiger partial charge >= 0.3 is 6.03 Å². The third kappa shape index (κ3) is 4.40. The van der Waals surface area contributed by atoms with E-state index in [9.17, 15) is 4.79 Å². The lowest BCUT2D eigenvalue weighted by atomic mass is 10.2. The Bertz CT molecular complexity index is 744. The minimum absolute atomic E-state index is 0.328. The van der Waals surface area contributed by atoms with Crippen molar-refractivity contribution in [1.82, 2.24) is 20.5 Å². The number of ether oxygens (including phenoxy) is 1. The molecule has 0 aliphatic carbocycles. The average molecular weight is 365 g/mol. The molecule has 1 saturated heterocycles. The summed E-state index contributed by atoms with van der Waals surface area (Å²) in [6.45, 7) is 6.63. The Labute approximate surface area is 150 Å². The number of rotatable bonds is 4. The topological polar surface area (TPSA) is 95.2 Å². The number of amides is 2. The van der Waals surface area contributed by atoms with Crippen molar-refractivity contribution < 1.29 is 9.53 Å². The molecule has 0 bridgehead atoms. The number of hydrogen-bond acceptors (Lipinski definition) is 5. The second-order valence-electron chi connectivity index (χ2n) is 5.86. The number of carbonyl (C=O) groups excluding carboxylic acids is 1. The predicted octanol–water partition coefficient (Wildman–Crippen LogP) is 2.49. The van der Waals surface area contributed by atoms with E-state index in [0.29, 0.717) is 35.6 Å². The zero-order chi connectivity index (χ0) is 17.8. The smallest absolute Gasteiger partial charge is 0.319 e. The monoisotopic (exact) mass is 364 g/mol. The Kier molecular flexibility index (Phi) is 5.40. The largest absolute Gasteiger partial charge is 0.378 e. The number of nitrogens with zero attached hydrogens (tertiary/aromatic N) is 3. The van der Waals surface area contributed by atoms with Crippen LogP contribution in [0.1, 0.15) is 24.6 Å². The van der Waals surface area contributed by atoms with E-state index >= 15 is 0 Å². The van der Waals surface area contributed by atoms with Crippen molar-refractivity contribution in [3.63, 3.8) is 0 Å². The van der Waals surface area contributed by atoms with Crippen molar-refractivity contribution in [2.24, 2.45) is 0 Å². The minimum Gasteiger partial charge on any atom is -0.378 e. The molecule has 9 heteroatoms. The van der Waals surface area contributed by atoms with Crippen LogP contribution in [0.2, 0.25) is 5.02 Å². The lowest BCUT2D eigenvalue weighted by Crippen LogP contribution is -2.36. The molecule has 1 unspecified atom stereocenters. The maximum absolute atomic E-state index is 12.3. The lowest BCUT2D eigenvalue weighted by molar-refractivity contribution is 0.122. The highest BCUT2D eigenvalue weighted by Gasteiger charge is 2.16. The number of aromatic nitrogens is 3. The van der Waals surface area contributed by atoms with Gasteiger partial charge in [-0.1, -0.05) is 11.6 Å². The van der Waals surface area contributed by atoms with E-state index in [1.807, 2.05) is 19.1 Å². The summed E-state index contributed by atoms with van der Waals surface area (Å²) in [6.07, 6.45) is 0. The Morgan fingerprint density at radius 2 is 2.16 bits per heavy atom. The minimum atomic E-state index is -0.365. The van der Waals surface area contributed by atoms with Crippen LogP contribution in [-0.2, 0) is 4.74 Å². The zero-order valence-electron chi connectivity index (χ0n) is 14.2. The highest BCUT2D eigenvalue weighted by atomic mass is 35.5. The number of hydrogen-bond donors (Lipinski definition) is 3. The second-order valence-corrected chi connectivity index (χ2v) is 6.27. The molecule has 0 saturated carbocycles. The highest BCUT2D eigenvalue weighted by Crippen LogP contribution is 2.28. The van der Waals surface area contributed by atoms with Gasteiger partial charge in [0.25, 0.3) is 0 Å². The molecule has 2 aromatic rings. The Balaban J connectivity index is 1.65. The summed E-state index contributed by atoms with van der Waals surface area (Å²) in [7, 11) is 0. The van der Waals surface area contributed by atoms with Gasteiger partial charge in [-0.3, -0.25) is 5.10 Å². The fourth-order valence-electron chi connectivity index (χ4n) is 2.60. The average Bonchev–Trinajstić information content (AvgIpc) is 3.04. The Morgan fingerprint density at radius 3 is 2.84 bits per heavy atom. The number of anilines is 2. The van der Waals surface area contributed by atoms with Gasteiger partial charge in [-0.05, 0) is 32.0 Å². The van der Waals surface area contributed by atoms with Crippen LogP contribution in [0.3, 0.4) is 0 Å². The fourth-order valence-corrected chi connectivity index (χ4v) is 2.77. The number of morpholine rings is 1. The summed E-state index contributed by atoms with van der Waals surface area (Å²) in [5.41, 5.74) is 1.56. The van der Waals surface area contributed by atoms with Gasteiger partial charge in [0.05, 0.1) is 30.0 Å². The molecular weight excluding hydrogens is 344 g/mol. The second kappa shape index (κ2) is 7.71. The van der Waals surface area contributed by atoms with E-state index in [-0.39, 0.29) is 12.1 Å². The van der Waals surface area contributed by atoms with Crippen LogP contribution in [0.4, 0.5) is 16.2 Å². The standard InChI is InChI=1S/C16H21ClN6O2/c1-10(15-19-11(2)21-22-15)18-16(24)20-14-9-12(3-4-13(14)17)23-5-7-25-8-6-23/h3-4,9-10H,5-8H2,1-2H3,(H2,18,20,24)(H,19,21,22). The van der Waals surface area contributed by atoms with Crippen LogP contribution in [0, 0.1) is 6.92 Å². The third-order valence-electron chi connectivity index (χ3n) is 3.92. The molecule has 3 rings (SSSR count). The summed E-state index contributed by atoms with van der Waals surface area (Å²) in [5, 5.41) is 12.9. The van der Waals surface area contributed by atoms with Crippen molar-refractivity contribution in [3.05, 3.63) is 34.9 Å². The molecule has 2 amide bonds. The van der Waals surface area contributed by atoms with Gasteiger partial charge in [0.2, 0.25) is 0 Å². The molecular formula is C16H21ClN6O2. The van der Waals surface area contributed by atoms with Gasteiger partial charge in [-0.25, -0.2) is 9.78 Å². The van der Waals surface area contributed by atoms with E-state index < -0.39 is 0 Å². The number of nitrogens with one attached hydrogen (secondary N) is 3. The van der Waals surface area contributed by atoms with E-state index in [0.717, 1.165) is 18.8 Å². The number of H-pyrrole nitrogens is 1.